The molecule has 1 rings (SSSR count). The van der Waals surface area contributed by atoms with Gasteiger partial charge in [-0.05, 0) is 24.6 Å². The van der Waals surface area contributed by atoms with Crippen LogP contribution in [0.2, 0.25) is 10.0 Å². The molecule has 0 aromatic heterocycles. The van der Waals surface area contributed by atoms with Gasteiger partial charge in [0.2, 0.25) is 5.91 Å². The van der Waals surface area contributed by atoms with Crippen LogP contribution in [0.25, 0.3) is 0 Å². The van der Waals surface area contributed by atoms with Crippen molar-refractivity contribution in [3.63, 3.8) is 0 Å². The Morgan fingerprint density at radius 1 is 1.25 bits per heavy atom. The van der Waals surface area contributed by atoms with Crippen LogP contribution in [0.15, 0.2) is 18.2 Å². The molecule has 0 spiro atoms. The number of carbonyl (C=O) groups is 2. The lowest BCUT2D eigenvalue weighted by atomic mass is 10.0. The third-order valence-corrected chi connectivity index (χ3v) is 3.49. The van der Waals surface area contributed by atoms with E-state index >= 15 is 0 Å². The Bertz CT molecular complexity index is 488. The van der Waals surface area contributed by atoms with Crippen LogP contribution in [-0.4, -0.2) is 24.5 Å². The Kier molecular flexibility index (Phi) is 6.10. The van der Waals surface area contributed by atoms with Gasteiger partial charge in [0.25, 0.3) is 0 Å². The lowest BCUT2D eigenvalue weighted by Gasteiger charge is -2.18. The van der Waals surface area contributed by atoms with Crippen LogP contribution in [0.3, 0.4) is 0 Å². The molecule has 0 saturated heterocycles. The van der Waals surface area contributed by atoms with E-state index in [2.05, 4.69) is 10.6 Å². The molecule has 5 nitrogen and oxygen atoms in total. The first-order valence-electron chi connectivity index (χ1n) is 6.10. The van der Waals surface area contributed by atoms with E-state index in [-0.39, 0.29) is 11.8 Å². The number of hydrogen-bond acceptors (Lipinski definition) is 2. The van der Waals surface area contributed by atoms with Crippen LogP contribution < -0.4 is 16.4 Å². The van der Waals surface area contributed by atoms with Crippen LogP contribution in [0.5, 0.6) is 0 Å². The molecule has 20 heavy (non-hydrogen) atoms. The molecular formula is C13H17Cl2N3O2. The van der Waals surface area contributed by atoms with Crippen molar-refractivity contribution in [2.45, 2.75) is 25.8 Å². The number of hydrogen-bond donors (Lipinski definition) is 3. The number of rotatable bonds is 5. The summed E-state index contributed by atoms with van der Waals surface area (Å²) < 4.78 is 0. The van der Waals surface area contributed by atoms with E-state index < -0.39 is 12.1 Å². The summed E-state index contributed by atoms with van der Waals surface area (Å²) in [6, 6.07) is 3.82. The molecule has 2 atom stereocenters. The fraction of sp³-hybridized carbons (Fsp3) is 0.385. The molecule has 110 valence electrons. The first kappa shape index (κ1) is 16.6. The topological polar surface area (TPSA) is 84.2 Å². The standard InChI is InChI=1S/C13H17Cl2N3O2/c1-7(11-9(14)4-3-5-10(11)15)6-17-12(19)8(2)18-13(16)20/h3-5,7-8H,6H2,1-2H3,(H,17,19)(H3,16,18,20)/t7-,8-/m0/s1. The number of amides is 3. The lowest BCUT2D eigenvalue weighted by Crippen LogP contribution is -2.47. The number of carbonyl (C=O) groups excluding carboxylic acids is 2. The van der Waals surface area contributed by atoms with Crippen LogP contribution in [0, 0.1) is 0 Å². The fourth-order valence-corrected chi connectivity index (χ4v) is 2.54. The van der Waals surface area contributed by atoms with Gasteiger partial charge in [0.1, 0.15) is 6.04 Å². The number of halogens is 2. The van der Waals surface area contributed by atoms with Crippen LogP contribution in [-0.2, 0) is 4.79 Å². The van der Waals surface area contributed by atoms with Crippen molar-refractivity contribution in [1.29, 1.82) is 0 Å². The Hall–Kier alpha value is -1.46. The van der Waals surface area contributed by atoms with Crippen molar-refractivity contribution >= 4 is 35.1 Å². The van der Waals surface area contributed by atoms with Crippen molar-refractivity contribution in [2.75, 3.05) is 6.54 Å². The predicted molar refractivity (Wildman–Crippen MR) is 80.1 cm³/mol. The third kappa shape index (κ3) is 4.58. The average Bonchev–Trinajstić information content (AvgIpc) is 2.34. The summed E-state index contributed by atoms with van der Waals surface area (Å²) in [5, 5.41) is 6.13. The SMILES string of the molecule is C[C@H](NC(N)=O)C(=O)NC[C@H](C)c1c(Cl)cccc1Cl. The molecule has 0 aliphatic heterocycles. The molecule has 4 N–H and O–H groups in total. The van der Waals surface area contributed by atoms with Crippen molar-refractivity contribution in [3.05, 3.63) is 33.8 Å². The predicted octanol–water partition coefficient (Wildman–Crippen LogP) is 2.27. The minimum Gasteiger partial charge on any atom is -0.354 e. The Labute approximate surface area is 127 Å². The van der Waals surface area contributed by atoms with E-state index in [1.807, 2.05) is 6.92 Å². The third-order valence-electron chi connectivity index (χ3n) is 2.83. The molecule has 3 amide bonds. The van der Waals surface area contributed by atoms with Gasteiger partial charge in [0, 0.05) is 22.5 Å². The van der Waals surface area contributed by atoms with Gasteiger partial charge in [-0.2, -0.15) is 0 Å². The maximum absolute atomic E-state index is 11.7. The molecule has 7 heteroatoms. The van der Waals surface area contributed by atoms with Gasteiger partial charge in [-0.15, -0.1) is 0 Å². The van der Waals surface area contributed by atoms with E-state index in [0.717, 1.165) is 5.56 Å². The van der Waals surface area contributed by atoms with Crippen molar-refractivity contribution < 1.29 is 9.59 Å². The fourth-order valence-electron chi connectivity index (χ4n) is 1.77. The highest BCUT2D eigenvalue weighted by molar-refractivity contribution is 6.36. The maximum Gasteiger partial charge on any atom is 0.312 e. The van der Waals surface area contributed by atoms with E-state index in [1.54, 1.807) is 25.1 Å². The van der Waals surface area contributed by atoms with Gasteiger partial charge in [-0.3, -0.25) is 4.79 Å². The number of nitrogens with one attached hydrogen (secondary N) is 2. The highest BCUT2D eigenvalue weighted by Crippen LogP contribution is 2.30. The summed E-state index contributed by atoms with van der Waals surface area (Å²) in [6.45, 7) is 3.81. The monoisotopic (exact) mass is 317 g/mol. The zero-order valence-corrected chi connectivity index (χ0v) is 12.8. The number of nitrogens with two attached hydrogens (primary N) is 1. The second-order valence-electron chi connectivity index (χ2n) is 4.51. The molecule has 0 aliphatic rings. The van der Waals surface area contributed by atoms with Crippen LogP contribution >= 0.6 is 23.2 Å². The van der Waals surface area contributed by atoms with Crippen LogP contribution in [0.1, 0.15) is 25.3 Å². The second kappa shape index (κ2) is 7.36. The van der Waals surface area contributed by atoms with E-state index in [4.69, 9.17) is 28.9 Å². The van der Waals surface area contributed by atoms with Crippen molar-refractivity contribution in [1.82, 2.24) is 10.6 Å². The molecule has 0 aliphatic carbocycles. The molecular weight excluding hydrogens is 301 g/mol. The van der Waals surface area contributed by atoms with Gasteiger partial charge in [-0.1, -0.05) is 36.2 Å². The first-order valence-corrected chi connectivity index (χ1v) is 6.86. The molecule has 0 radical (unpaired) electrons. The van der Waals surface area contributed by atoms with Crippen molar-refractivity contribution in [2.24, 2.45) is 5.73 Å². The second-order valence-corrected chi connectivity index (χ2v) is 5.33. The Balaban J connectivity index is 2.61. The van der Waals surface area contributed by atoms with Gasteiger partial charge in [0.15, 0.2) is 0 Å². The molecule has 0 bridgehead atoms. The zero-order chi connectivity index (χ0) is 15.3. The van der Waals surface area contributed by atoms with E-state index in [9.17, 15) is 9.59 Å². The summed E-state index contributed by atoms with van der Waals surface area (Å²) in [5.74, 6) is -0.375. The maximum atomic E-state index is 11.7. The zero-order valence-electron chi connectivity index (χ0n) is 11.2. The largest absolute Gasteiger partial charge is 0.354 e. The molecule has 0 saturated carbocycles. The van der Waals surface area contributed by atoms with Crippen LogP contribution in [0.4, 0.5) is 4.79 Å². The quantitative estimate of drug-likeness (QED) is 0.778. The summed E-state index contributed by atoms with van der Waals surface area (Å²) in [7, 11) is 0. The number of primary amides is 1. The van der Waals surface area contributed by atoms with Gasteiger partial charge in [0.05, 0.1) is 0 Å². The van der Waals surface area contributed by atoms with Gasteiger partial charge < -0.3 is 16.4 Å². The smallest absolute Gasteiger partial charge is 0.312 e. The van der Waals surface area contributed by atoms with Gasteiger partial charge >= 0.3 is 6.03 Å². The Morgan fingerprint density at radius 3 is 2.30 bits per heavy atom. The molecule has 0 heterocycles. The molecule has 0 unspecified atom stereocenters. The normalized spacial score (nSPS) is 13.4. The minimum absolute atomic E-state index is 0.0547. The van der Waals surface area contributed by atoms with E-state index in [0.29, 0.717) is 16.6 Å². The molecule has 0 fully saturated rings. The van der Waals surface area contributed by atoms with Gasteiger partial charge in [-0.25, -0.2) is 4.79 Å². The number of benzene rings is 1. The Morgan fingerprint density at radius 2 is 1.80 bits per heavy atom. The lowest BCUT2D eigenvalue weighted by molar-refractivity contribution is -0.122. The first-order chi connectivity index (χ1) is 9.32. The highest BCUT2D eigenvalue weighted by Gasteiger charge is 2.17. The minimum atomic E-state index is -0.741. The highest BCUT2D eigenvalue weighted by atomic mass is 35.5. The van der Waals surface area contributed by atoms with E-state index in [1.165, 1.54) is 0 Å². The summed E-state index contributed by atoms with van der Waals surface area (Å²) in [4.78, 5) is 22.4. The summed E-state index contributed by atoms with van der Waals surface area (Å²) in [6.07, 6.45) is 0. The number of urea groups is 1. The summed E-state index contributed by atoms with van der Waals surface area (Å²) >= 11 is 12.2. The average molecular weight is 318 g/mol. The van der Waals surface area contributed by atoms with Crippen molar-refractivity contribution in [3.8, 4) is 0 Å². The molecule has 1 aromatic carbocycles. The summed E-state index contributed by atoms with van der Waals surface area (Å²) in [5.41, 5.74) is 5.74. The molecule has 1 aromatic rings.